The number of para-hydroxylation sites is 1. The number of ether oxygens (including phenoxy) is 1. The maximum absolute atomic E-state index is 13.5. The summed E-state index contributed by atoms with van der Waals surface area (Å²) in [5, 5.41) is 0. The van der Waals surface area contributed by atoms with Gasteiger partial charge in [-0.1, -0.05) is 39.0 Å². The molecular formula is C22H28N2O6S2. The minimum atomic E-state index is -4.17. The first kappa shape index (κ1) is 24.1. The Morgan fingerprint density at radius 3 is 2.47 bits per heavy atom. The van der Waals surface area contributed by atoms with Crippen LogP contribution in [0.15, 0.2) is 41.3 Å². The van der Waals surface area contributed by atoms with Gasteiger partial charge >= 0.3 is 0 Å². The fourth-order valence-corrected chi connectivity index (χ4v) is 6.83. The Kier molecular flexibility index (Phi) is 6.57. The van der Waals surface area contributed by atoms with Crippen LogP contribution in [0.1, 0.15) is 44.7 Å². The summed E-state index contributed by atoms with van der Waals surface area (Å²) in [5.41, 5.74) is 2.01. The van der Waals surface area contributed by atoms with Gasteiger partial charge in [0.05, 0.1) is 29.7 Å². The first-order valence-electron chi connectivity index (χ1n) is 10.3. The predicted molar refractivity (Wildman–Crippen MR) is 124 cm³/mol. The molecular weight excluding hydrogens is 452 g/mol. The van der Waals surface area contributed by atoms with Crippen molar-refractivity contribution in [3.05, 3.63) is 47.5 Å². The van der Waals surface area contributed by atoms with E-state index in [1.165, 1.54) is 25.1 Å². The van der Waals surface area contributed by atoms with Crippen LogP contribution < -0.4 is 13.8 Å². The van der Waals surface area contributed by atoms with Gasteiger partial charge in [0.15, 0.2) is 0 Å². The average molecular weight is 481 g/mol. The third-order valence-electron chi connectivity index (χ3n) is 5.28. The molecule has 174 valence electrons. The van der Waals surface area contributed by atoms with Gasteiger partial charge in [-0.3, -0.25) is 9.52 Å². The number of benzene rings is 2. The van der Waals surface area contributed by atoms with Crippen molar-refractivity contribution in [2.45, 2.75) is 45.4 Å². The number of hydrogen-bond acceptors (Lipinski definition) is 6. The molecule has 1 unspecified atom stereocenters. The summed E-state index contributed by atoms with van der Waals surface area (Å²) in [6, 6.07) is 9.45. The number of carbonyl (C=O) groups is 1. The van der Waals surface area contributed by atoms with Gasteiger partial charge in [0.1, 0.15) is 10.6 Å². The highest BCUT2D eigenvalue weighted by Crippen LogP contribution is 2.36. The summed E-state index contributed by atoms with van der Waals surface area (Å²) in [4.78, 5) is 12.3. The smallest absolute Gasteiger partial charge is 0.265 e. The predicted octanol–water partition coefficient (Wildman–Crippen LogP) is 3.63. The lowest BCUT2D eigenvalue weighted by molar-refractivity contribution is -0.119. The van der Waals surface area contributed by atoms with E-state index < -0.39 is 31.9 Å². The number of aryl methyl sites for hydroxylation is 1. The van der Waals surface area contributed by atoms with E-state index in [1.807, 2.05) is 26.0 Å². The number of sulfonamides is 2. The summed E-state index contributed by atoms with van der Waals surface area (Å²) in [5.74, 6) is -1.48. The third-order valence-corrected chi connectivity index (χ3v) is 8.51. The van der Waals surface area contributed by atoms with E-state index in [1.54, 1.807) is 19.9 Å². The third kappa shape index (κ3) is 4.47. The molecule has 8 nitrogen and oxygen atoms in total. The molecule has 0 aromatic heterocycles. The van der Waals surface area contributed by atoms with E-state index in [0.717, 1.165) is 11.1 Å². The van der Waals surface area contributed by atoms with E-state index in [9.17, 15) is 21.6 Å². The summed E-state index contributed by atoms with van der Waals surface area (Å²) >= 11 is 0. The number of rotatable bonds is 7. The van der Waals surface area contributed by atoms with E-state index in [2.05, 4.69) is 4.72 Å². The molecule has 0 aliphatic carbocycles. The lowest BCUT2D eigenvalue weighted by Crippen LogP contribution is -2.30. The Morgan fingerprint density at radius 1 is 1.22 bits per heavy atom. The normalized spacial score (nSPS) is 18.2. The maximum Gasteiger partial charge on any atom is 0.265 e. The van der Waals surface area contributed by atoms with Crippen molar-refractivity contribution in [3.8, 4) is 5.75 Å². The van der Waals surface area contributed by atoms with Crippen molar-refractivity contribution in [3.63, 3.8) is 0 Å². The zero-order valence-electron chi connectivity index (χ0n) is 18.7. The van der Waals surface area contributed by atoms with E-state index in [4.69, 9.17) is 4.74 Å². The lowest BCUT2D eigenvalue weighted by atomic mass is 9.99. The van der Waals surface area contributed by atoms with Crippen molar-refractivity contribution in [2.75, 3.05) is 21.4 Å². The SMILES string of the molecule is CCOc1ccc(N2C(=O)C(C)CS2(=O)=O)cc1S(=O)(=O)Nc1c(C)cccc1C(C)C. The molecule has 3 rings (SSSR count). The number of nitrogens with one attached hydrogen (secondary N) is 1. The zero-order valence-corrected chi connectivity index (χ0v) is 20.4. The highest BCUT2D eigenvalue weighted by atomic mass is 32.2. The highest BCUT2D eigenvalue weighted by Gasteiger charge is 2.42. The second kappa shape index (κ2) is 8.74. The van der Waals surface area contributed by atoms with Gasteiger partial charge in [-0.25, -0.2) is 21.1 Å². The molecule has 1 fully saturated rings. The molecule has 0 bridgehead atoms. The second-order valence-electron chi connectivity index (χ2n) is 8.15. The molecule has 32 heavy (non-hydrogen) atoms. The van der Waals surface area contributed by atoms with Gasteiger partial charge < -0.3 is 4.74 Å². The monoisotopic (exact) mass is 480 g/mol. The second-order valence-corrected chi connectivity index (χ2v) is 11.7. The molecule has 10 heteroatoms. The van der Waals surface area contributed by atoms with Crippen LogP contribution in [0.3, 0.4) is 0 Å². The summed E-state index contributed by atoms with van der Waals surface area (Å²) in [6.07, 6.45) is 0. The molecule has 2 aromatic rings. The minimum Gasteiger partial charge on any atom is -0.492 e. The number of nitrogens with zero attached hydrogens (tertiary/aromatic N) is 1. The number of anilines is 2. The van der Waals surface area contributed by atoms with Crippen molar-refractivity contribution in [1.29, 1.82) is 0 Å². The zero-order chi connectivity index (χ0) is 23.8. The molecule has 1 aliphatic rings. The van der Waals surface area contributed by atoms with E-state index in [-0.39, 0.29) is 34.6 Å². The molecule has 2 aromatic carbocycles. The van der Waals surface area contributed by atoms with E-state index in [0.29, 0.717) is 9.99 Å². The molecule has 1 amide bonds. The largest absolute Gasteiger partial charge is 0.492 e. The Balaban J connectivity index is 2.14. The molecule has 1 aliphatic heterocycles. The molecule has 1 atom stereocenters. The van der Waals surface area contributed by atoms with Crippen LogP contribution in [-0.2, 0) is 24.8 Å². The molecule has 0 saturated carbocycles. The lowest BCUT2D eigenvalue weighted by Gasteiger charge is -2.21. The van der Waals surface area contributed by atoms with Crippen LogP contribution in [0.4, 0.5) is 11.4 Å². The van der Waals surface area contributed by atoms with Crippen molar-refractivity contribution >= 4 is 37.3 Å². The van der Waals surface area contributed by atoms with Crippen LogP contribution in [-0.4, -0.2) is 35.1 Å². The van der Waals surface area contributed by atoms with Crippen LogP contribution in [0.2, 0.25) is 0 Å². The fraction of sp³-hybridized carbons (Fsp3) is 0.409. The van der Waals surface area contributed by atoms with Crippen LogP contribution in [0, 0.1) is 12.8 Å². The molecule has 1 N–H and O–H groups in total. The van der Waals surface area contributed by atoms with Crippen molar-refractivity contribution in [1.82, 2.24) is 0 Å². The molecule has 1 saturated heterocycles. The van der Waals surface area contributed by atoms with Crippen molar-refractivity contribution in [2.24, 2.45) is 5.92 Å². The molecule has 0 spiro atoms. The average Bonchev–Trinajstić information content (AvgIpc) is 2.90. The number of hydrogen-bond donors (Lipinski definition) is 1. The summed E-state index contributed by atoms with van der Waals surface area (Å²) < 4.78 is 60.8. The first-order valence-corrected chi connectivity index (χ1v) is 13.4. The Bertz CT molecular complexity index is 1250. The maximum atomic E-state index is 13.5. The Morgan fingerprint density at radius 2 is 1.91 bits per heavy atom. The quantitative estimate of drug-likeness (QED) is 0.648. The van der Waals surface area contributed by atoms with Gasteiger partial charge in [-0.05, 0) is 49.1 Å². The van der Waals surface area contributed by atoms with Crippen molar-refractivity contribution < 1.29 is 26.4 Å². The molecule has 0 radical (unpaired) electrons. The topological polar surface area (TPSA) is 110 Å². The summed E-state index contributed by atoms with van der Waals surface area (Å²) in [7, 11) is -8.05. The van der Waals surface area contributed by atoms with Gasteiger partial charge in [-0.15, -0.1) is 0 Å². The van der Waals surface area contributed by atoms with Crippen LogP contribution >= 0.6 is 0 Å². The Hall–Kier alpha value is -2.59. The molecule has 1 heterocycles. The minimum absolute atomic E-state index is 0.0305. The first-order chi connectivity index (χ1) is 14.9. The fourth-order valence-electron chi connectivity index (χ4n) is 3.70. The van der Waals surface area contributed by atoms with Gasteiger partial charge in [0.2, 0.25) is 15.9 Å². The van der Waals surface area contributed by atoms with E-state index >= 15 is 0 Å². The Labute approximate surface area is 189 Å². The van der Waals surface area contributed by atoms with Gasteiger partial charge in [0, 0.05) is 0 Å². The van der Waals surface area contributed by atoms with Crippen LogP contribution in [0.5, 0.6) is 5.75 Å². The summed E-state index contributed by atoms with van der Waals surface area (Å²) in [6.45, 7) is 9.18. The number of amides is 1. The highest BCUT2D eigenvalue weighted by molar-refractivity contribution is 7.94. The van der Waals surface area contributed by atoms with Gasteiger partial charge in [-0.2, -0.15) is 0 Å². The van der Waals surface area contributed by atoms with Gasteiger partial charge in [0.25, 0.3) is 10.0 Å². The van der Waals surface area contributed by atoms with Crippen LogP contribution in [0.25, 0.3) is 0 Å². The standard InChI is InChI=1S/C22H28N2O6S2/c1-6-30-19-11-10-17(24-22(25)16(5)13-31(24,26)27)12-20(19)32(28,29)23-21-15(4)8-7-9-18(21)14(2)3/h7-12,14,16,23H,6,13H2,1-5H3. The number of carbonyl (C=O) groups excluding carboxylic acids is 1.